The lowest BCUT2D eigenvalue weighted by Gasteiger charge is -2.35. The van der Waals surface area contributed by atoms with Crippen molar-refractivity contribution in [2.24, 2.45) is 5.41 Å². The summed E-state index contributed by atoms with van der Waals surface area (Å²) in [4.78, 5) is 12.3. The normalized spacial score (nSPS) is 23.8. The number of carbonyl (C=O) groups excluding carboxylic acids is 1. The Kier molecular flexibility index (Phi) is 4.42. The third-order valence-electron chi connectivity index (χ3n) is 3.87. The number of nitrogens with one attached hydrogen (secondary N) is 2. The molecule has 2 N–H and O–H groups in total. The number of hydrogen-bond acceptors (Lipinski definition) is 3. The molecule has 1 aromatic heterocycles. The maximum Gasteiger partial charge on any atom is 0.227 e. The highest BCUT2D eigenvalue weighted by Gasteiger charge is 2.37. The summed E-state index contributed by atoms with van der Waals surface area (Å²) in [6.45, 7) is 4.57. The first-order valence-corrected chi connectivity index (χ1v) is 6.78. The lowest BCUT2D eigenvalue weighted by Crippen LogP contribution is -2.50. The molecule has 0 spiro atoms. The van der Waals surface area contributed by atoms with Crippen LogP contribution >= 0.6 is 0 Å². The molecule has 18 heavy (non-hydrogen) atoms. The molecule has 2 rings (SSSR count). The van der Waals surface area contributed by atoms with Gasteiger partial charge in [0.15, 0.2) is 0 Å². The second-order valence-electron chi connectivity index (χ2n) is 5.00. The van der Waals surface area contributed by atoms with Crippen LogP contribution in [0.5, 0.6) is 0 Å². The van der Waals surface area contributed by atoms with E-state index in [-0.39, 0.29) is 11.3 Å². The van der Waals surface area contributed by atoms with Gasteiger partial charge in [0.25, 0.3) is 0 Å². The van der Waals surface area contributed by atoms with E-state index in [4.69, 9.17) is 4.42 Å². The van der Waals surface area contributed by atoms with Gasteiger partial charge in [-0.15, -0.1) is 0 Å². The molecule has 4 nitrogen and oxygen atoms in total. The second kappa shape index (κ2) is 6.05. The third-order valence-corrected chi connectivity index (χ3v) is 3.87. The molecule has 100 valence electrons. The van der Waals surface area contributed by atoms with Crippen molar-refractivity contribution >= 4 is 5.91 Å². The van der Waals surface area contributed by atoms with Crippen LogP contribution in [-0.4, -0.2) is 25.5 Å². The Bertz CT molecular complexity index is 367. The van der Waals surface area contributed by atoms with Crippen LogP contribution in [0.2, 0.25) is 0 Å². The molecule has 1 amide bonds. The van der Waals surface area contributed by atoms with Crippen molar-refractivity contribution in [2.45, 2.75) is 32.6 Å². The average Bonchev–Trinajstić information content (AvgIpc) is 2.92. The molecule has 4 heteroatoms. The van der Waals surface area contributed by atoms with E-state index in [1.165, 1.54) is 0 Å². The Labute approximate surface area is 108 Å². The highest BCUT2D eigenvalue weighted by atomic mass is 16.3. The number of rotatable bonds is 5. The fourth-order valence-electron chi connectivity index (χ4n) is 2.57. The smallest absolute Gasteiger partial charge is 0.227 e. The van der Waals surface area contributed by atoms with Crippen LogP contribution in [0.25, 0.3) is 0 Å². The zero-order valence-corrected chi connectivity index (χ0v) is 11.0. The van der Waals surface area contributed by atoms with Gasteiger partial charge in [-0.25, -0.2) is 0 Å². The van der Waals surface area contributed by atoms with E-state index in [1.807, 2.05) is 12.1 Å². The molecule has 1 fully saturated rings. The van der Waals surface area contributed by atoms with Crippen molar-refractivity contribution in [3.05, 3.63) is 24.2 Å². The van der Waals surface area contributed by atoms with Crippen LogP contribution < -0.4 is 10.6 Å². The number of furan rings is 1. The van der Waals surface area contributed by atoms with E-state index >= 15 is 0 Å². The summed E-state index contributed by atoms with van der Waals surface area (Å²) in [5.41, 5.74) is -0.207. The van der Waals surface area contributed by atoms with Crippen molar-refractivity contribution in [1.82, 2.24) is 10.6 Å². The van der Waals surface area contributed by atoms with Crippen molar-refractivity contribution in [3.8, 4) is 0 Å². The van der Waals surface area contributed by atoms with E-state index in [9.17, 15) is 4.79 Å². The molecule has 1 aromatic rings. The molecule has 1 atom stereocenters. The predicted molar refractivity (Wildman–Crippen MR) is 70.2 cm³/mol. The standard InChI is InChI=1S/C14H22N2O2/c1-2-14(7-4-8-15-11-14)13(17)16-9-6-12-5-3-10-18-12/h3,5,10,15H,2,4,6-9,11H2,1H3,(H,16,17). The Hall–Kier alpha value is -1.29. The van der Waals surface area contributed by atoms with E-state index < -0.39 is 0 Å². The minimum Gasteiger partial charge on any atom is -0.469 e. The zero-order valence-electron chi connectivity index (χ0n) is 11.0. The third kappa shape index (κ3) is 2.93. The molecule has 0 aliphatic carbocycles. The topological polar surface area (TPSA) is 54.3 Å². The molecular weight excluding hydrogens is 228 g/mol. The molecule has 0 bridgehead atoms. The van der Waals surface area contributed by atoms with Crippen LogP contribution in [0.4, 0.5) is 0 Å². The molecule has 1 aliphatic rings. The van der Waals surface area contributed by atoms with Gasteiger partial charge in [0.05, 0.1) is 11.7 Å². The first kappa shape index (κ1) is 13.1. The minimum absolute atomic E-state index is 0.184. The Morgan fingerprint density at radius 2 is 2.50 bits per heavy atom. The second-order valence-corrected chi connectivity index (χ2v) is 5.00. The SMILES string of the molecule is CCC1(C(=O)NCCc2ccco2)CCCNC1. The van der Waals surface area contributed by atoms with Crippen LogP contribution in [-0.2, 0) is 11.2 Å². The van der Waals surface area contributed by atoms with Crippen LogP contribution in [0.3, 0.4) is 0 Å². The predicted octanol–water partition coefficient (Wildman–Crippen LogP) is 1.72. The van der Waals surface area contributed by atoms with Crippen LogP contribution in [0, 0.1) is 5.41 Å². The lowest BCUT2D eigenvalue weighted by molar-refractivity contribution is -0.132. The molecule has 0 radical (unpaired) electrons. The summed E-state index contributed by atoms with van der Waals surface area (Å²) in [7, 11) is 0. The molecule has 1 unspecified atom stereocenters. The van der Waals surface area contributed by atoms with E-state index in [0.29, 0.717) is 6.54 Å². The fraction of sp³-hybridized carbons (Fsp3) is 0.643. The summed E-state index contributed by atoms with van der Waals surface area (Å²) in [5, 5.41) is 6.38. The van der Waals surface area contributed by atoms with Gasteiger partial charge in [0.2, 0.25) is 5.91 Å². The molecular formula is C14H22N2O2. The summed E-state index contributed by atoms with van der Waals surface area (Å²) in [6, 6.07) is 3.81. The summed E-state index contributed by atoms with van der Waals surface area (Å²) < 4.78 is 5.25. The number of hydrogen-bond donors (Lipinski definition) is 2. The monoisotopic (exact) mass is 250 g/mol. The summed E-state index contributed by atoms with van der Waals surface area (Å²) in [5.74, 6) is 1.10. The first-order chi connectivity index (χ1) is 8.77. The van der Waals surface area contributed by atoms with Crippen molar-refractivity contribution in [1.29, 1.82) is 0 Å². The summed E-state index contributed by atoms with van der Waals surface area (Å²) in [6.07, 6.45) is 5.39. The number of carbonyl (C=O) groups is 1. The highest BCUT2D eigenvalue weighted by Crippen LogP contribution is 2.30. The quantitative estimate of drug-likeness (QED) is 0.836. The van der Waals surface area contributed by atoms with Gasteiger partial charge >= 0.3 is 0 Å². The van der Waals surface area contributed by atoms with Crippen LogP contribution in [0.15, 0.2) is 22.8 Å². The van der Waals surface area contributed by atoms with Gasteiger partial charge in [0.1, 0.15) is 5.76 Å². The van der Waals surface area contributed by atoms with E-state index in [0.717, 1.165) is 44.5 Å². The number of piperidine rings is 1. The van der Waals surface area contributed by atoms with Crippen molar-refractivity contribution < 1.29 is 9.21 Å². The molecule has 2 heterocycles. The van der Waals surface area contributed by atoms with Gasteiger partial charge in [-0.05, 0) is 37.9 Å². The van der Waals surface area contributed by atoms with Crippen molar-refractivity contribution in [2.75, 3.05) is 19.6 Å². The van der Waals surface area contributed by atoms with Gasteiger partial charge in [-0.3, -0.25) is 4.79 Å². The molecule has 0 saturated carbocycles. The zero-order chi connectivity index (χ0) is 12.8. The van der Waals surface area contributed by atoms with E-state index in [2.05, 4.69) is 17.6 Å². The van der Waals surface area contributed by atoms with Gasteiger partial charge < -0.3 is 15.1 Å². The van der Waals surface area contributed by atoms with Crippen molar-refractivity contribution in [3.63, 3.8) is 0 Å². The maximum atomic E-state index is 12.3. The van der Waals surface area contributed by atoms with Gasteiger partial charge in [0, 0.05) is 19.5 Å². The van der Waals surface area contributed by atoms with E-state index in [1.54, 1.807) is 6.26 Å². The Balaban J connectivity index is 1.82. The molecule has 0 aromatic carbocycles. The molecule has 1 saturated heterocycles. The Morgan fingerprint density at radius 1 is 1.61 bits per heavy atom. The highest BCUT2D eigenvalue weighted by molar-refractivity contribution is 5.83. The first-order valence-electron chi connectivity index (χ1n) is 6.78. The lowest BCUT2D eigenvalue weighted by atomic mass is 9.77. The van der Waals surface area contributed by atoms with Gasteiger partial charge in [-0.1, -0.05) is 6.92 Å². The molecule has 1 aliphatic heterocycles. The maximum absolute atomic E-state index is 12.3. The Morgan fingerprint density at radius 3 is 3.11 bits per heavy atom. The van der Waals surface area contributed by atoms with Crippen LogP contribution in [0.1, 0.15) is 31.9 Å². The summed E-state index contributed by atoms with van der Waals surface area (Å²) >= 11 is 0. The van der Waals surface area contributed by atoms with Gasteiger partial charge in [-0.2, -0.15) is 0 Å². The largest absolute Gasteiger partial charge is 0.469 e. The minimum atomic E-state index is -0.207. The number of amides is 1. The fourth-order valence-corrected chi connectivity index (χ4v) is 2.57. The average molecular weight is 250 g/mol.